The van der Waals surface area contributed by atoms with Crippen molar-refractivity contribution in [1.29, 1.82) is 0 Å². The van der Waals surface area contributed by atoms with E-state index < -0.39 is 0 Å². The maximum absolute atomic E-state index is 11.4. The average molecular weight is 217 g/mol. The van der Waals surface area contributed by atoms with Gasteiger partial charge in [-0.1, -0.05) is 20.8 Å². The summed E-state index contributed by atoms with van der Waals surface area (Å²) in [7, 11) is 1.85. The monoisotopic (exact) mass is 217 g/mol. The summed E-state index contributed by atoms with van der Waals surface area (Å²) in [5.41, 5.74) is 0. The summed E-state index contributed by atoms with van der Waals surface area (Å²) in [4.78, 5) is 13.1. The third kappa shape index (κ3) is 5.53. The van der Waals surface area contributed by atoms with Crippen molar-refractivity contribution in [3.05, 3.63) is 0 Å². The molecule has 0 spiro atoms. The Morgan fingerprint density at radius 3 is 2.36 bits per heavy atom. The van der Waals surface area contributed by atoms with E-state index in [-0.39, 0.29) is 10.7 Å². The summed E-state index contributed by atoms with van der Waals surface area (Å²) >= 11 is 4.60. The number of hydrogen-bond acceptors (Lipinski definition) is 2. The molecule has 0 saturated heterocycles. The van der Waals surface area contributed by atoms with Gasteiger partial charge in [0.1, 0.15) is 0 Å². The van der Waals surface area contributed by atoms with E-state index in [1.54, 1.807) is 4.90 Å². The van der Waals surface area contributed by atoms with Crippen LogP contribution in [0.15, 0.2) is 0 Å². The summed E-state index contributed by atoms with van der Waals surface area (Å²) in [5, 5.41) is 0. The van der Waals surface area contributed by atoms with E-state index >= 15 is 0 Å². The molecule has 1 amide bonds. The molecule has 0 saturated carbocycles. The Labute approximate surface area is 93.5 Å². The number of hydrogen-bond donors (Lipinski definition) is 1. The van der Waals surface area contributed by atoms with Gasteiger partial charge in [0.15, 0.2) is 0 Å². The topological polar surface area (TPSA) is 20.3 Å². The van der Waals surface area contributed by atoms with Crippen molar-refractivity contribution in [3.8, 4) is 0 Å². The molecule has 0 aromatic rings. The smallest absolute Gasteiger partial charge is 0.222 e. The van der Waals surface area contributed by atoms with Crippen LogP contribution in [0.25, 0.3) is 0 Å². The molecule has 0 aliphatic rings. The molecule has 2 nitrogen and oxygen atoms in total. The van der Waals surface area contributed by atoms with Gasteiger partial charge in [-0.25, -0.2) is 0 Å². The van der Waals surface area contributed by atoms with Gasteiger partial charge < -0.3 is 4.90 Å². The lowest BCUT2D eigenvalue weighted by Gasteiger charge is -2.30. The number of nitrogens with zero attached hydrogens (tertiary/aromatic N) is 1. The van der Waals surface area contributed by atoms with Gasteiger partial charge >= 0.3 is 0 Å². The highest BCUT2D eigenvalue weighted by molar-refractivity contribution is 7.81. The van der Waals surface area contributed by atoms with Crippen LogP contribution in [0.2, 0.25) is 0 Å². The van der Waals surface area contributed by atoms with Crippen LogP contribution in [0.4, 0.5) is 0 Å². The molecular formula is C11H23NOS. The Hall–Kier alpha value is -0.180. The molecule has 0 N–H and O–H groups in total. The number of thiol groups is 1. The Morgan fingerprint density at radius 1 is 1.50 bits per heavy atom. The first kappa shape index (κ1) is 13.8. The summed E-state index contributed by atoms with van der Waals surface area (Å²) in [6.45, 7) is 9.06. The molecule has 0 heterocycles. The fourth-order valence-corrected chi connectivity index (χ4v) is 2.39. The molecule has 0 fully saturated rings. The Morgan fingerprint density at radius 2 is 2.00 bits per heavy atom. The van der Waals surface area contributed by atoms with E-state index in [2.05, 4.69) is 33.4 Å². The van der Waals surface area contributed by atoms with Crippen LogP contribution in [0.3, 0.4) is 0 Å². The van der Waals surface area contributed by atoms with Crippen molar-refractivity contribution in [2.24, 2.45) is 5.92 Å². The summed E-state index contributed by atoms with van der Waals surface area (Å²) in [6, 6.07) is 0. The minimum Gasteiger partial charge on any atom is -0.344 e. The third-order valence-corrected chi connectivity index (χ3v) is 2.48. The van der Waals surface area contributed by atoms with Crippen molar-refractivity contribution >= 4 is 18.5 Å². The molecule has 3 heteroatoms. The highest BCUT2D eigenvalue weighted by atomic mass is 32.1. The molecule has 0 aliphatic heterocycles. The van der Waals surface area contributed by atoms with E-state index in [1.807, 2.05) is 14.0 Å². The van der Waals surface area contributed by atoms with Crippen LogP contribution in [0, 0.1) is 5.92 Å². The maximum Gasteiger partial charge on any atom is 0.222 e. The molecular weight excluding hydrogens is 194 g/mol. The summed E-state index contributed by atoms with van der Waals surface area (Å²) < 4.78 is -0.0756. The zero-order chi connectivity index (χ0) is 11.4. The molecule has 1 atom stereocenters. The molecule has 0 bridgehead atoms. The van der Waals surface area contributed by atoms with E-state index in [1.165, 1.54) is 0 Å². The first-order valence-corrected chi connectivity index (χ1v) is 5.69. The molecule has 0 aromatic heterocycles. The molecule has 84 valence electrons. The second-order valence-electron chi connectivity index (χ2n) is 4.70. The van der Waals surface area contributed by atoms with Crippen LogP contribution in [0.5, 0.6) is 0 Å². The van der Waals surface area contributed by atoms with E-state index in [4.69, 9.17) is 0 Å². The van der Waals surface area contributed by atoms with E-state index in [0.29, 0.717) is 12.3 Å². The SMILES string of the molecule is CCC(=O)N(C)CC(C)(S)CC(C)C. The van der Waals surface area contributed by atoms with Crippen molar-refractivity contribution < 1.29 is 4.79 Å². The van der Waals surface area contributed by atoms with E-state index in [0.717, 1.165) is 13.0 Å². The van der Waals surface area contributed by atoms with Crippen molar-refractivity contribution in [3.63, 3.8) is 0 Å². The van der Waals surface area contributed by atoms with Gasteiger partial charge in [0.25, 0.3) is 0 Å². The normalized spacial score (nSPS) is 15.4. The first-order chi connectivity index (χ1) is 6.28. The third-order valence-electron chi connectivity index (χ3n) is 2.15. The summed E-state index contributed by atoms with van der Waals surface area (Å²) in [6.07, 6.45) is 1.60. The number of carbonyl (C=O) groups excluding carboxylic acids is 1. The molecule has 0 rings (SSSR count). The predicted octanol–water partition coefficient (Wildman–Crippen LogP) is 2.59. The highest BCUT2D eigenvalue weighted by Crippen LogP contribution is 2.24. The molecule has 0 radical (unpaired) electrons. The standard InChI is InChI=1S/C11H23NOS/c1-6-10(13)12(5)8-11(4,14)7-9(2)3/h9,14H,6-8H2,1-5H3. The lowest BCUT2D eigenvalue weighted by atomic mass is 9.97. The predicted molar refractivity (Wildman–Crippen MR) is 64.8 cm³/mol. The van der Waals surface area contributed by atoms with Gasteiger partial charge in [0.2, 0.25) is 5.91 Å². The van der Waals surface area contributed by atoms with Crippen LogP contribution in [-0.2, 0) is 4.79 Å². The Kier molecular flexibility index (Phi) is 5.57. The van der Waals surface area contributed by atoms with Crippen LogP contribution < -0.4 is 0 Å². The van der Waals surface area contributed by atoms with Gasteiger partial charge in [-0.2, -0.15) is 12.6 Å². The fourth-order valence-electron chi connectivity index (χ4n) is 1.81. The van der Waals surface area contributed by atoms with Gasteiger partial charge in [-0.15, -0.1) is 0 Å². The lowest BCUT2D eigenvalue weighted by molar-refractivity contribution is -0.129. The van der Waals surface area contributed by atoms with Gasteiger partial charge in [0.05, 0.1) is 0 Å². The number of amides is 1. The molecule has 0 aliphatic carbocycles. The summed E-state index contributed by atoms with van der Waals surface area (Å²) in [5.74, 6) is 0.802. The maximum atomic E-state index is 11.4. The van der Waals surface area contributed by atoms with Crippen molar-refractivity contribution in [1.82, 2.24) is 4.90 Å². The van der Waals surface area contributed by atoms with Crippen molar-refractivity contribution in [2.45, 2.75) is 45.3 Å². The lowest BCUT2D eigenvalue weighted by Crippen LogP contribution is -2.38. The minimum atomic E-state index is -0.0756. The first-order valence-electron chi connectivity index (χ1n) is 5.25. The average Bonchev–Trinajstić information content (AvgIpc) is 1.99. The highest BCUT2D eigenvalue weighted by Gasteiger charge is 2.23. The van der Waals surface area contributed by atoms with Gasteiger partial charge in [-0.3, -0.25) is 4.79 Å². The zero-order valence-electron chi connectivity index (χ0n) is 10.0. The fraction of sp³-hybridized carbons (Fsp3) is 0.909. The van der Waals surface area contributed by atoms with Gasteiger partial charge in [-0.05, 0) is 19.3 Å². The Balaban J connectivity index is 4.14. The molecule has 0 aromatic carbocycles. The van der Waals surface area contributed by atoms with Crippen molar-refractivity contribution in [2.75, 3.05) is 13.6 Å². The second-order valence-corrected chi connectivity index (χ2v) is 5.78. The van der Waals surface area contributed by atoms with Crippen LogP contribution in [-0.4, -0.2) is 29.1 Å². The molecule has 1 unspecified atom stereocenters. The van der Waals surface area contributed by atoms with Crippen LogP contribution in [0.1, 0.15) is 40.5 Å². The number of rotatable bonds is 5. The quantitative estimate of drug-likeness (QED) is 0.702. The minimum absolute atomic E-state index is 0.0756. The van der Waals surface area contributed by atoms with E-state index in [9.17, 15) is 4.79 Å². The molecule has 14 heavy (non-hydrogen) atoms. The van der Waals surface area contributed by atoms with Crippen LogP contribution >= 0.6 is 12.6 Å². The number of carbonyl (C=O) groups is 1. The Bertz CT molecular complexity index is 190. The van der Waals surface area contributed by atoms with Gasteiger partial charge in [0, 0.05) is 24.8 Å². The second kappa shape index (κ2) is 5.64. The largest absolute Gasteiger partial charge is 0.344 e. The zero-order valence-corrected chi connectivity index (χ0v) is 10.9.